The van der Waals surface area contributed by atoms with Crippen LogP contribution in [-0.4, -0.2) is 46.3 Å². The number of aryl methyl sites for hydroxylation is 1. The molecule has 0 aliphatic rings. The Morgan fingerprint density at radius 2 is 2.07 bits per heavy atom. The Bertz CT molecular complexity index is 934. The number of hydrogen-bond acceptors (Lipinski definition) is 9. The first-order chi connectivity index (χ1) is 13.8. The van der Waals surface area contributed by atoms with Crippen molar-refractivity contribution in [1.29, 1.82) is 0 Å². The van der Waals surface area contributed by atoms with Crippen molar-refractivity contribution in [1.82, 2.24) is 9.78 Å². The number of esters is 2. The van der Waals surface area contributed by atoms with Crippen molar-refractivity contribution < 1.29 is 28.8 Å². The van der Waals surface area contributed by atoms with Gasteiger partial charge in [-0.2, -0.15) is 4.68 Å². The molecule has 0 fully saturated rings. The summed E-state index contributed by atoms with van der Waals surface area (Å²) in [6.07, 6.45) is 1.97. The zero-order valence-electron chi connectivity index (χ0n) is 16.1. The van der Waals surface area contributed by atoms with Gasteiger partial charge in [-0.15, -0.1) is 11.3 Å². The normalized spacial score (nSPS) is 10.4. The summed E-state index contributed by atoms with van der Waals surface area (Å²) in [7, 11) is 1.22. The number of carbonyl (C=O) groups is 3. The van der Waals surface area contributed by atoms with Crippen LogP contribution in [0.4, 0.5) is 10.8 Å². The minimum absolute atomic E-state index is 0.0488. The smallest absolute Gasteiger partial charge is 0.389 e. The minimum Gasteiger partial charge on any atom is -0.465 e. The van der Waals surface area contributed by atoms with Gasteiger partial charge in [-0.05, 0) is 23.8 Å². The van der Waals surface area contributed by atoms with Crippen LogP contribution in [0.2, 0.25) is 0 Å². The Hall–Kier alpha value is -3.28. The molecule has 0 saturated carbocycles. The Kier molecular flexibility index (Phi) is 7.42. The van der Waals surface area contributed by atoms with E-state index in [1.54, 1.807) is 6.92 Å². The summed E-state index contributed by atoms with van der Waals surface area (Å²) >= 11 is 0.920. The van der Waals surface area contributed by atoms with Gasteiger partial charge >= 0.3 is 17.8 Å². The number of carbonyl (C=O) groups excluding carboxylic acids is 3. The third-order valence-corrected chi connectivity index (χ3v) is 4.98. The van der Waals surface area contributed by atoms with Crippen LogP contribution in [0.1, 0.15) is 45.4 Å². The lowest BCUT2D eigenvalue weighted by Crippen LogP contribution is -2.17. The van der Waals surface area contributed by atoms with Gasteiger partial charge in [0, 0.05) is 6.42 Å². The molecule has 1 N–H and O–H groups in total. The maximum absolute atomic E-state index is 12.4. The molecule has 0 bridgehead atoms. The first-order valence-corrected chi connectivity index (χ1v) is 9.46. The monoisotopic (exact) mass is 424 g/mol. The van der Waals surface area contributed by atoms with E-state index >= 15 is 0 Å². The summed E-state index contributed by atoms with van der Waals surface area (Å²) in [4.78, 5) is 46.9. The van der Waals surface area contributed by atoms with Gasteiger partial charge in [-0.3, -0.25) is 4.79 Å². The quantitative estimate of drug-likeness (QED) is 0.367. The van der Waals surface area contributed by atoms with Gasteiger partial charge in [0.15, 0.2) is 0 Å². The average molecular weight is 424 g/mol. The molecule has 0 radical (unpaired) electrons. The Morgan fingerprint density at radius 3 is 2.66 bits per heavy atom. The largest absolute Gasteiger partial charge is 0.465 e. The molecule has 0 saturated heterocycles. The number of ether oxygens (including phenoxy) is 2. The van der Waals surface area contributed by atoms with Gasteiger partial charge in [0.2, 0.25) is 5.91 Å². The van der Waals surface area contributed by atoms with Crippen LogP contribution in [-0.2, 0) is 20.8 Å². The van der Waals surface area contributed by atoms with E-state index in [1.807, 2.05) is 6.92 Å². The van der Waals surface area contributed by atoms with Gasteiger partial charge in [0.25, 0.3) is 0 Å². The topological polar surface area (TPSA) is 143 Å². The zero-order chi connectivity index (χ0) is 21.6. The van der Waals surface area contributed by atoms with E-state index in [0.717, 1.165) is 11.3 Å². The molecule has 0 spiro atoms. The second kappa shape index (κ2) is 9.78. The molecule has 0 aliphatic carbocycles. The first kappa shape index (κ1) is 22.0. The highest BCUT2D eigenvalue weighted by Gasteiger charge is 2.27. The summed E-state index contributed by atoms with van der Waals surface area (Å²) in [5.74, 6) is -2.04. The number of nitrogens with one attached hydrogen (secondary N) is 1. The van der Waals surface area contributed by atoms with E-state index in [2.05, 4.69) is 10.4 Å². The van der Waals surface area contributed by atoms with Crippen LogP contribution in [0.25, 0.3) is 0 Å². The molecule has 0 aliphatic heterocycles. The first-order valence-electron chi connectivity index (χ1n) is 8.65. The molecule has 0 aromatic carbocycles. The molecule has 0 unspecified atom stereocenters. The summed E-state index contributed by atoms with van der Waals surface area (Å²) < 4.78 is 11.1. The van der Waals surface area contributed by atoms with Crippen molar-refractivity contribution in [3.05, 3.63) is 38.4 Å². The molecular weight excluding hydrogens is 404 g/mol. The molecule has 2 heterocycles. The lowest BCUT2D eigenvalue weighted by molar-refractivity contribution is -0.389. The van der Waals surface area contributed by atoms with E-state index in [1.165, 1.54) is 24.1 Å². The third kappa shape index (κ3) is 5.38. The van der Waals surface area contributed by atoms with Crippen LogP contribution in [0, 0.1) is 17.0 Å². The highest BCUT2D eigenvalue weighted by molar-refractivity contribution is 7.18. The van der Waals surface area contributed by atoms with Gasteiger partial charge in [-0.25, -0.2) is 9.59 Å². The SMILES string of the molecule is CCCOC(=O)c1c(NC(=O)CCn2ccc([N+](=O)[O-])n2)sc(C(=O)OC)c1C. The molecule has 11 nitrogen and oxygen atoms in total. The van der Waals surface area contributed by atoms with Gasteiger partial charge < -0.3 is 24.9 Å². The van der Waals surface area contributed by atoms with Crippen molar-refractivity contribution in [2.45, 2.75) is 33.2 Å². The number of anilines is 1. The number of hydrogen-bond donors (Lipinski definition) is 1. The summed E-state index contributed by atoms with van der Waals surface area (Å²) in [6.45, 7) is 3.72. The molecule has 29 heavy (non-hydrogen) atoms. The highest BCUT2D eigenvalue weighted by Crippen LogP contribution is 2.34. The van der Waals surface area contributed by atoms with Gasteiger partial charge in [0.1, 0.15) is 9.88 Å². The number of rotatable bonds is 9. The predicted molar refractivity (Wildman–Crippen MR) is 103 cm³/mol. The van der Waals surface area contributed by atoms with Crippen molar-refractivity contribution in [2.24, 2.45) is 0 Å². The van der Waals surface area contributed by atoms with Gasteiger partial charge in [-0.1, -0.05) is 6.92 Å². The summed E-state index contributed by atoms with van der Waals surface area (Å²) in [5, 5.41) is 17.2. The van der Waals surface area contributed by atoms with Crippen molar-refractivity contribution in [3.8, 4) is 0 Å². The fourth-order valence-corrected chi connectivity index (χ4v) is 3.51. The summed E-state index contributed by atoms with van der Waals surface area (Å²) in [5.41, 5.74) is 0.466. The highest BCUT2D eigenvalue weighted by atomic mass is 32.1. The second-order valence-electron chi connectivity index (χ2n) is 5.88. The maximum Gasteiger partial charge on any atom is 0.389 e. The molecule has 2 aromatic heterocycles. The number of aromatic nitrogens is 2. The standard InChI is InChI=1S/C17H20N4O7S/c1-4-9-28-16(23)13-10(2)14(17(24)27-3)29-15(13)18-12(22)6-8-20-7-5-11(19-20)21(25)26/h5,7H,4,6,8-9H2,1-3H3,(H,18,22). The predicted octanol–water partition coefficient (Wildman–Crippen LogP) is 2.54. The second-order valence-corrected chi connectivity index (χ2v) is 6.90. The summed E-state index contributed by atoms with van der Waals surface area (Å²) in [6, 6.07) is 1.23. The van der Waals surface area contributed by atoms with E-state index in [-0.39, 0.29) is 40.8 Å². The molecule has 0 atom stereocenters. The van der Waals surface area contributed by atoms with E-state index in [0.29, 0.717) is 12.0 Å². The minimum atomic E-state index is -0.645. The van der Waals surface area contributed by atoms with Crippen LogP contribution in [0.15, 0.2) is 12.3 Å². The molecular formula is C17H20N4O7S. The van der Waals surface area contributed by atoms with Crippen LogP contribution >= 0.6 is 11.3 Å². The number of thiophene rings is 1. The Balaban J connectivity index is 2.16. The number of nitro groups is 1. The fraction of sp³-hybridized carbons (Fsp3) is 0.412. The van der Waals surface area contributed by atoms with E-state index < -0.39 is 22.8 Å². The number of nitrogens with zero attached hydrogens (tertiary/aromatic N) is 3. The molecule has 2 aromatic rings. The fourth-order valence-electron chi connectivity index (χ4n) is 2.38. The lowest BCUT2D eigenvalue weighted by Gasteiger charge is -2.07. The molecule has 1 amide bonds. The van der Waals surface area contributed by atoms with Crippen LogP contribution < -0.4 is 5.32 Å². The molecule has 2 rings (SSSR count). The van der Waals surface area contributed by atoms with E-state index in [4.69, 9.17) is 9.47 Å². The van der Waals surface area contributed by atoms with E-state index in [9.17, 15) is 24.5 Å². The third-order valence-electron chi connectivity index (χ3n) is 3.79. The molecule has 12 heteroatoms. The maximum atomic E-state index is 12.4. The molecule has 156 valence electrons. The van der Waals surface area contributed by atoms with Crippen LogP contribution in [0.3, 0.4) is 0 Å². The Labute approximate surface area is 169 Å². The van der Waals surface area contributed by atoms with Crippen molar-refractivity contribution >= 4 is 40.0 Å². The number of amides is 1. The Morgan fingerprint density at radius 1 is 1.34 bits per heavy atom. The number of methoxy groups -OCH3 is 1. The van der Waals surface area contributed by atoms with Crippen LogP contribution in [0.5, 0.6) is 0 Å². The van der Waals surface area contributed by atoms with Crippen molar-refractivity contribution in [3.63, 3.8) is 0 Å². The van der Waals surface area contributed by atoms with Gasteiger partial charge in [0.05, 0.1) is 43.2 Å². The average Bonchev–Trinajstić information content (AvgIpc) is 3.29. The zero-order valence-corrected chi connectivity index (χ0v) is 16.9. The lowest BCUT2D eigenvalue weighted by atomic mass is 10.1. The van der Waals surface area contributed by atoms with Crippen molar-refractivity contribution in [2.75, 3.05) is 19.0 Å².